The predicted molar refractivity (Wildman–Crippen MR) is 124 cm³/mol. The quantitative estimate of drug-likeness (QED) is 0.315. The highest BCUT2D eigenvalue weighted by molar-refractivity contribution is 8.18. The fourth-order valence-electron chi connectivity index (χ4n) is 3.24. The molecule has 0 unspecified atom stereocenters. The molecule has 1 saturated heterocycles. The van der Waals surface area contributed by atoms with E-state index >= 15 is 0 Å². The fraction of sp³-hybridized carbons (Fsp3) is 0.182. The number of fused-ring (bicyclic) bond motifs is 1. The molecule has 2 N–H and O–H groups in total. The number of thioether (sulfide) groups is 1. The minimum Gasteiger partial charge on any atom is -0.454 e. The molecule has 2 heterocycles. The van der Waals surface area contributed by atoms with Crippen LogP contribution in [0.3, 0.4) is 0 Å². The number of nitrogens with one attached hydrogen (secondary N) is 2. The number of carbonyl (C=O) groups excluding carboxylic acids is 4. The summed E-state index contributed by atoms with van der Waals surface area (Å²) in [6.45, 7) is -0.318. The van der Waals surface area contributed by atoms with Crippen molar-refractivity contribution in [1.29, 1.82) is 0 Å². The van der Waals surface area contributed by atoms with Crippen molar-refractivity contribution in [2.24, 2.45) is 0 Å². The number of hydrogen-bond donors (Lipinski definition) is 2. The molecule has 2 aromatic rings. The first-order chi connectivity index (χ1) is 16.8. The van der Waals surface area contributed by atoms with Crippen LogP contribution in [-0.4, -0.2) is 59.2 Å². The highest BCUT2D eigenvalue weighted by atomic mass is 32.2. The first-order valence-corrected chi connectivity index (χ1v) is 11.1. The van der Waals surface area contributed by atoms with Crippen LogP contribution in [0.1, 0.15) is 15.9 Å². The van der Waals surface area contributed by atoms with E-state index in [9.17, 15) is 29.3 Å². The van der Waals surface area contributed by atoms with E-state index in [0.717, 1.165) is 22.7 Å². The third-order valence-electron chi connectivity index (χ3n) is 4.95. The minimum absolute atomic E-state index is 0.0130. The Kier molecular flexibility index (Phi) is 6.96. The lowest BCUT2D eigenvalue weighted by atomic mass is 10.2. The molecule has 0 spiro atoms. The van der Waals surface area contributed by atoms with Gasteiger partial charge in [-0.25, -0.2) is 0 Å². The second-order valence-electron chi connectivity index (χ2n) is 7.29. The highest BCUT2D eigenvalue weighted by Crippen LogP contribution is 2.36. The van der Waals surface area contributed by atoms with Gasteiger partial charge < -0.3 is 20.1 Å². The molecule has 2 aliphatic heterocycles. The van der Waals surface area contributed by atoms with Gasteiger partial charge in [-0.05, 0) is 41.6 Å². The minimum atomic E-state index is -0.650. The van der Waals surface area contributed by atoms with E-state index in [2.05, 4.69) is 10.6 Å². The molecule has 4 rings (SSSR count). The highest BCUT2D eigenvalue weighted by Gasteiger charge is 2.34. The van der Waals surface area contributed by atoms with Gasteiger partial charge in [-0.3, -0.25) is 34.2 Å². The van der Waals surface area contributed by atoms with Gasteiger partial charge in [-0.15, -0.1) is 0 Å². The van der Waals surface area contributed by atoms with Crippen molar-refractivity contribution in [3.05, 3.63) is 68.6 Å². The maximum atomic E-state index is 12.6. The van der Waals surface area contributed by atoms with Crippen LogP contribution in [0.25, 0.3) is 6.08 Å². The number of ether oxygens (including phenoxy) is 2. The Bertz CT molecular complexity index is 1260. The second-order valence-corrected chi connectivity index (χ2v) is 8.28. The molecule has 4 amide bonds. The van der Waals surface area contributed by atoms with Gasteiger partial charge in [0.25, 0.3) is 22.7 Å². The molecule has 0 bridgehead atoms. The van der Waals surface area contributed by atoms with Crippen molar-refractivity contribution in [2.45, 2.75) is 0 Å². The largest absolute Gasteiger partial charge is 0.454 e. The van der Waals surface area contributed by atoms with E-state index in [4.69, 9.17) is 9.47 Å². The van der Waals surface area contributed by atoms with Crippen LogP contribution in [0, 0.1) is 10.1 Å². The number of benzene rings is 2. The molecule has 1 fully saturated rings. The summed E-state index contributed by atoms with van der Waals surface area (Å²) in [5.74, 6) is -0.522. The van der Waals surface area contributed by atoms with Crippen molar-refractivity contribution in [2.75, 3.05) is 26.4 Å². The summed E-state index contributed by atoms with van der Waals surface area (Å²) < 4.78 is 10.6. The van der Waals surface area contributed by atoms with Gasteiger partial charge in [-0.1, -0.05) is 12.1 Å². The standard InChI is InChI=1S/C22H18N4O8S/c27-19(11-24-20(28)14-2-1-3-15(10-14)26(31)32)23-6-7-25-21(29)18(35-22(25)30)9-13-4-5-16-17(8-13)34-12-33-16/h1-5,8-10H,6-7,11-12H2,(H,23,27)(H,24,28)/b18-9-. The average Bonchev–Trinajstić information content (AvgIpc) is 3.42. The number of carbonyl (C=O) groups is 4. The lowest BCUT2D eigenvalue weighted by Gasteiger charge is -2.13. The number of hydrogen-bond acceptors (Lipinski definition) is 9. The first-order valence-electron chi connectivity index (χ1n) is 10.3. The van der Waals surface area contributed by atoms with Crippen LogP contribution in [0.5, 0.6) is 11.5 Å². The van der Waals surface area contributed by atoms with Crippen molar-refractivity contribution in [1.82, 2.24) is 15.5 Å². The van der Waals surface area contributed by atoms with Crippen LogP contribution < -0.4 is 20.1 Å². The third kappa shape index (κ3) is 5.58. The number of imide groups is 1. The SMILES string of the molecule is O=C(CNC(=O)c1cccc([N+](=O)[O-])c1)NCCN1C(=O)S/C(=C\c2ccc3c(c2)OCO3)C1=O. The molecular weight excluding hydrogens is 480 g/mol. The molecule has 0 radical (unpaired) electrons. The zero-order valence-corrected chi connectivity index (χ0v) is 18.8. The number of nitrogens with zero attached hydrogens (tertiary/aromatic N) is 2. The monoisotopic (exact) mass is 498 g/mol. The predicted octanol–water partition coefficient (Wildman–Crippen LogP) is 1.91. The van der Waals surface area contributed by atoms with E-state index < -0.39 is 27.9 Å². The second kappa shape index (κ2) is 10.3. The van der Waals surface area contributed by atoms with Gasteiger partial charge >= 0.3 is 0 Å². The van der Waals surface area contributed by atoms with Gasteiger partial charge in [0, 0.05) is 30.8 Å². The average molecular weight is 498 g/mol. The zero-order valence-electron chi connectivity index (χ0n) is 18.0. The number of non-ortho nitro benzene ring substituents is 1. The normalized spacial score (nSPS) is 15.4. The molecule has 0 aliphatic carbocycles. The molecular formula is C22H18N4O8S. The Morgan fingerprint density at radius 2 is 1.91 bits per heavy atom. The zero-order chi connectivity index (χ0) is 24.9. The topological polar surface area (TPSA) is 157 Å². The Hall–Kier alpha value is -4.39. The number of nitro groups is 1. The first kappa shape index (κ1) is 23.8. The maximum absolute atomic E-state index is 12.6. The van der Waals surface area contributed by atoms with Crippen LogP contribution in [-0.2, 0) is 9.59 Å². The molecule has 0 atom stereocenters. The van der Waals surface area contributed by atoms with E-state index in [0.29, 0.717) is 17.1 Å². The van der Waals surface area contributed by atoms with Crippen LogP contribution in [0.2, 0.25) is 0 Å². The Morgan fingerprint density at radius 1 is 1.11 bits per heavy atom. The molecule has 13 heteroatoms. The van der Waals surface area contributed by atoms with E-state index in [1.54, 1.807) is 24.3 Å². The molecule has 180 valence electrons. The molecule has 0 saturated carbocycles. The van der Waals surface area contributed by atoms with E-state index in [1.807, 2.05) is 0 Å². The Morgan fingerprint density at radius 3 is 2.71 bits per heavy atom. The van der Waals surface area contributed by atoms with E-state index in [-0.39, 0.29) is 42.6 Å². The molecule has 2 aromatic carbocycles. The van der Waals surface area contributed by atoms with Crippen LogP contribution in [0.15, 0.2) is 47.4 Å². The lowest BCUT2D eigenvalue weighted by Crippen LogP contribution is -2.41. The van der Waals surface area contributed by atoms with Crippen molar-refractivity contribution in [3.8, 4) is 11.5 Å². The summed E-state index contributed by atoms with van der Waals surface area (Å²) in [4.78, 5) is 60.5. The number of rotatable bonds is 8. The van der Waals surface area contributed by atoms with Gasteiger partial charge in [-0.2, -0.15) is 0 Å². The van der Waals surface area contributed by atoms with E-state index in [1.165, 1.54) is 18.2 Å². The molecule has 35 heavy (non-hydrogen) atoms. The number of amides is 4. The summed E-state index contributed by atoms with van der Waals surface area (Å²) in [5.41, 5.74) is 0.471. The van der Waals surface area contributed by atoms with Gasteiger partial charge in [0.05, 0.1) is 16.4 Å². The molecule has 0 aromatic heterocycles. The van der Waals surface area contributed by atoms with Crippen LogP contribution >= 0.6 is 11.8 Å². The summed E-state index contributed by atoms with van der Waals surface area (Å²) >= 11 is 0.792. The van der Waals surface area contributed by atoms with Crippen molar-refractivity contribution in [3.63, 3.8) is 0 Å². The van der Waals surface area contributed by atoms with Gasteiger partial charge in [0.15, 0.2) is 11.5 Å². The Labute approximate surface area is 202 Å². The Balaban J connectivity index is 1.25. The molecule has 12 nitrogen and oxygen atoms in total. The smallest absolute Gasteiger partial charge is 0.293 e. The van der Waals surface area contributed by atoms with Crippen LogP contribution in [0.4, 0.5) is 10.5 Å². The van der Waals surface area contributed by atoms with Crippen molar-refractivity contribution < 1.29 is 33.6 Å². The summed E-state index contributed by atoms with van der Waals surface area (Å²) in [5, 5.41) is 15.2. The van der Waals surface area contributed by atoms with Gasteiger partial charge in [0.1, 0.15) is 0 Å². The van der Waals surface area contributed by atoms with Gasteiger partial charge in [0.2, 0.25) is 12.7 Å². The van der Waals surface area contributed by atoms with Crippen molar-refractivity contribution >= 4 is 46.5 Å². The maximum Gasteiger partial charge on any atom is 0.293 e. The summed E-state index contributed by atoms with van der Waals surface area (Å²) in [6, 6.07) is 10.3. The lowest BCUT2D eigenvalue weighted by molar-refractivity contribution is -0.384. The molecule has 2 aliphatic rings. The third-order valence-corrected chi connectivity index (χ3v) is 5.86. The fourth-order valence-corrected chi connectivity index (χ4v) is 4.11. The number of nitro benzene ring substituents is 1. The summed E-state index contributed by atoms with van der Waals surface area (Å²) in [6.07, 6.45) is 1.58. The summed E-state index contributed by atoms with van der Waals surface area (Å²) in [7, 11) is 0.